The van der Waals surface area contributed by atoms with Crippen LogP contribution >= 0.6 is 11.6 Å². The molecule has 0 fully saturated rings. The minimum atomic E-state index is -0.387. The minimum absolute atomic E-state index is 0.115. The van der Waals surface area contributed by atoms with Crippen molar-refractivity contribution >= 4 is 17.5 Å². The van der Waals surface area contributed by atoms with Crippen LogP contribution in [0, 0.1) is 0 Å². The number of amides is 1. The third kappa shape index (κ3) is 5.00. The van der Waals surface area contributed by atoms with Crippen molar-refractivity contribution in [2.45, 2.75) is 19.4 Å². The van der Waals surface area contributed by atoms with E-state index in [-0.39, 0.29) is 11.9 Å². The Labute approximate surface area is 232 Å². The maximum absolute atomic E-state index is 13.8. The van der Waals surface area contributed by atoms with Gasteiger partial charge in [0, 0.05) is 22.7 Å². The van der Waals surface area contributed by atoms with E-state index in [1.807, 2.05) is 72.5 Å². The second-order valence-electron chi connectivity index (χ2n) is 9.05. The standard InChI is InChI=1S/C30H30ClN3O5/c1-5-39-23-13-9-20(17-25(23)38-4)29-26-27(19-7-10-21(31)11-8-19)32-33-28(26)30(35)34(29)15-14-18-6-12-22(36-2)24(16-18)37-3/h6-13,16-17,29H,5,14-15H2,1-4H3,(H,32,33). The van der Waals surface area contributed by atoms with E-state index in [2.05, 4.69) is 10.2 Å². The molecule has 1 aliphatic heterocycles. The third-order valence-electron chi connectivity index (χ3n) is 6.87. The first kappa shape index (κ1) is 26.4. The fraction of sp³-hybridized carbons (Fsp3) is 0.267. The summed E-state index contributed by atoms with van der Waals surface area (Å²) in [6, 6.07) is 18.7. The Hall–Kier alpha value is -4.17. The first-order valence-corrected chi connectivity index (χ1v) is 13.0. The minimum Gasteiger partial charge on any atom is -0.493 e. The zero-order valence-corrected chi connectivity index (χ0v) is 23.0. The van der Waals surface area contributed by atoms with Crippen molar-refractivity contribution in [2.24, 2.45) is 0 Å². The molecule has 0 saturated carbocycles. The summed E-state index contributed by atoms with van der Waals surface area (Å²) < 4.78 is 22.2. The Morgan fingerprint density at radius 1 is 0.897 bits per heavy atom. The van der Waals surface area contributed by atoms with E-state index >= 15 is 0 Å². The largest absolute Gasteiger partial charge is 0.493 e. The van der Waals surface area contributed by atoms with Crippen molar-refractivity contribution < 1.29 is 23.7 Å². The maximum atomic E-state index is 13.8. The van der Waals surface area contributed by atoms with Gasteiger partial charge in [0.1, 0.15) is 5.69 Å². The number of benzene rings is 3. The van der Waals surface area contributed by atoms with Crippen molar-refractivity contribution in [2.75, 3.05) is 34.5 Å². The lowest BCUT2D eigenvalue weighted by atomic mass is 9.95. The molecule has 1 unspecified atom stereocenters. The molecule has 1 aliphatic rings. The number of halogens is 1. The summed E-state index contributed by atoms with van der Waals surface area (Å²) in [6.07, 6.45) is 0.616. The SMILES string of the molecule is CCOc1ccc(C2c3c(-c4ccc(Cl)cc4)n[nH]c3C(=O)N2CCc2ccc(OC)c(OC)c2)cc1OC. The number of hydrogen-bond acceptors (Lipinski definition) is 6. The summed E-state index contributed by atoms with van der Waals surface area (Å²) in [5.41, 5.74) is 4.79. The van der Waals surface area contributed by atoms with E-state index in [9.17, 15) is 4.79 Å². The highest BCUT2D eigenvalue weighted by atomic mass is 35.5. The second-order valence-corrected chi connectivity index (χ2v) is 9.49. The van der Waals surface area contributed by atoms with Crippen LogP contribution in [0.15, 0.2) is 60.7 Å². The van der Waals surface area contributed by atoms with Gasteiger partial charge >= 0.3 is 0 Å². The molecule has 0 saturated heterocycles. The Balaban J connectivity index is 1.56. The topological polar surface area (TPSA) is 85.9 Å². The fourth-order valence-electron chi connectivity index (χ4n) is 5.02. The average molecular weight is 548 g/mol. The van der Waals surface area contributed by atoms with Crippen molar-refractivity contribution in [1.29, 1.82) is 0 Å². The summed E-state index contributed by atoms with van der Waals surface area (Å²) in [5.74, 6) is 2.44. The van der Waals surface area contributed by atoms with Gasteiger partial charge in [-0.15, -0.1) is 0 Å². The van der Waals surface area contributed by atoms with Crippen molar-refractivity contribution in [3.8, 4) is 34.3 Å². The molecular formula is C30H30ClN3O5. The molecule has 1 aromatic heterocycles. The molecular weight excluding hydrogens is 518 g/mol. The average Bonchev–Trinajstić information content (AvgIpc) is 3.51. The highest BCUT2D eigenvalue weighted by Crippen LogP contribution is 2.45. The molecule has 0 radical (unpaired) electrons. The monoisotopic (exact) mass is 547 g/mol. The summed E-state index contributed by atoms with van der Waals surface area (Å²) in [5, 5.41) is 8.18. The maximum Gasteiger partial charge on any atom is 0.273 e. The van der Waals surface area contributed by atoms with Gasteiger partial charge in [-0.05, 0) is 60.9 Å². The second kappa shape index (κ2) is 11.3. The van der Waals surface area contributed by atoms with Crippen LogP contribution in [-0.4, -0.2) is 55.5 Å². The van der Waals surface area contributed by atoms with Crippen LogP contribution in [0.3, 0.4) is 0 Å². The molecule has 4 aromatic rings. The number of ether oxygens (including phenoxy) is 4. The van der Waals surface area contributed by atoms with Crippen LogP contribution in [0.25, 0.3) is 11.3 Å². The molecule has 0 bridgehead atoms. The molecule has 9 heteroatoms. The molecule has 2 heterocycles. The summed E-state index contributed by atoms with van der Waals surface area (Å²) >= 11 is 6.14. The number of aromatic nitrogens is 2. The lowest BCUT2D eigenvalue weighted by molar-refractivity contribution is 0.0745. The first-order chi connectivity index (χ1) is 19.0. The van der Waals surface area contributed by atoms with Crippen LogP contribution < -0.4 is 18.9 Å². The zero-order chi connectivity index (χ0) is 27.5. The van der Waals surface area contributed by atoms with Gasteiger partial charge < -0.3 is 23.8 Å². The van der Waals surface area contributed by atoms with Gasteiger partial charge in [-0.1, -0.05) is 35.9 Å². The van der Waals surface area contributed by atoms with E-state index in [0.29, 0.717) is 59.0 Å². The molecule has 0 spiro atoms. The van der Waals surface area contributed by atoms with E-state index in [4.69, 9.17) is 30.5 Å². The van der Waals surface area contributed by atoms with E-state index in [1.165, 1.54) is 0 Å². The number of nitrogens with zero attached hydrogens (tertiary/aromatic N) is 2. The highest BCUT2D eigenvalue weighted by molar-refractivity contribution is 6.30. The van der Waals surface area contributed by atoms with Crippen LogP contribution in [-0.2, 0) is 6.42 Å². The third-order valence-corrected chi connectivity index (χ3v) is 7.13. The molecule has 8 nitrogen and oxygen atoms in total. The number of hydrogen-bond donors (Lipinski definition) is 1. The van der Waals surface area contributed by atoms with Gasteiger partial charge in [-0.25, -0.2) is 0 Å². The number of aromatic amines is 1. The molecule has 39 heavy (non-hydrogen) atoms. The van der Waals surface area contributed by atoms with Gasteiger partial charge in [0.2, 0.25) is 0 Å². The quantitative estimate of drug-likeness (QED) is 0.264. The lowest BCUT2D eigenvalue weighted by Gasteiger charge is -2.27. The van der Waals surface area contributed by atoms with Gasteiger partial charge in [0.15, 0.2) is 23.0 Å². The lowest BCUT2D eigenvalue weighted by Crippen LogP contribution is -2.31. The molecule has 3 aromatic carbocycles. The summed E-state index contributed by atoms with van der Waals surface area (Å²) in [4.78, 5) is 15.7. The number of H-pyrrole nitrogens is 1. The Morgan fingerprint density at radius 2 is 1.59 bits per heavy atom. The predicted octanol–water partition coefficient (Wildman–Crippen LogP) is 5.94. The zero-order valence-electron chi connectivity index (χ0n) is 22.3. The number of rotatable bonds is 10. The molecule has 202 valence electrons. The van der Waals surface area contributed by atoms with Crippen molar-refractivity contribution in [3.63, 3.8) is 0 Å². The van der Waals surface area contributed by atoms with Gasteiger partial charge in [0.05, 0.1) is 39.7 Å². The highest BCUT2D eigenvalue weighted by Gasteiger charge is 2.42. The van der Waals surface area contributed by atoms with Crippen LogP contribution in [0.5, 0.6) is 23.0 Å². The molecule has 1 atom stereocenters. The van der Waals surface area contributed by atoms with Crippen molar-refractivity contribution in [1.82, 2.24) is 15.1 Å². The normalized spacial score (nSPS) is 14.3. The van der Waals surface area contributed by atoms with E-state index in [1.54, 1.807) is 21.3 Å². The number of carbonyl (C=O) groups is 1. The number of nitrogens with one attached hydrogen (secondary N) is 1. The predicted molar refractivity (Wildman–Crippen MR) is 149 cm³/mol. The summed E-state index contributed by atoms with van der Waals surface area (Å²) in [6.45, 7) is 2.91. The van der Waals surface area contributed by atoms with Crippen LogP contribution in [0.1, 0.15) is 40.1 Å². The Bertz CT molecular complexity index is 1480. The Morgan fingerprint density at radius 3 is 2.28 bits per heavy atom. The van der Waals surface area contributed by atoms with Gasteiger partial charge in [-0.3, -0.25) is 9.89 Å². The first-order valence-electron chi connectivity index (χ1n) is 12.7. The molecule has 1 N–H and O–H groups in total. The fourth-order valence-corrected chi connectivity index (χ4v) is 5.14. The van der Waals surface area contributed by atoms with Gasteiger partial charge in [-0.2, -0.15) is 5.10 Å². The summed E-state index contributed by atoms with van der Waals surface area (Å²) in [7, 11) is 4.83. The van der Waals surface area contributed by atoms with E-state index < -0.39 is 0 Å². The smallest absolute Gasteiger partial charge is 0.273 e. The molecule has 0 aliphatic carbocycles. The van der Waals surface area contributed by atoms with Crippen LogP contribution in [0.4, 0.5) is 0 Å². The Kier molecular flexibility index (Phi) is 7.65. The number of fused-ring (bicyclic) bond motifs is 1. The van der Waals surface area contributed by atoms with E-state index in [0.717, 1.165) is 22.3 Å². The van der Waals surface area contributed by atoms with Gasteiger partial charge in [0.25, 0.3) is 5.91 Å². The number of carbonyl (C=O) groups excluding carboxylic acids is 1. The molecule has 1 amide bonds. The van der Waals surface area contributed by atoms with Crippen LogP contribution in [0.2, 0.25) is 5.02 Å². The molecule has 5 rings (SSSR count). The van der Waals surface area contributed by atoms with Crippen molar-refractivity contribution in [3.05, 3.63) is 88.1 Å². The number of methoxy groups -OCH3 is 3.